The number of carboxylic acids is 1. The van der Waals surface area contributed by atoms with Crippen molar-refractivity contribution in [1.82, 2.24) is 5.32 Å². The number of aliphatic carboxylic acids is 1. The second-order valence-corrected chi connectivity index (χ2v) is 4.86. The van der Waals surface area contributed by atoms with Crippen molar-refractivity contribution in [3.8, 4) is 0 Å². The summed E-state index contributed by atoms with van der Waals surface area (Å²) < 4.78 is 0. The van der Waals surface area contributed by atoms with Gasteiger partial charge in [-0.3, -0.25) is 14.4 Å². The number of nitrogens with two attached hydrogens (primary N) is 1. The third-order valence-corrected chi connectivity index (χ3v) is 2.95. The zero-order valence-corrected chi connectivity index (χ0v) is 11.4. The lowest BCUT2D eigenvalue weighted by Gasteiger charge is -2.20. The number of carboxylic acid groups (broad SMARTS) is 1. The summed E-state index contributed by atoms with van der Waals surface area (Å²) in [4.78, 5) is 33.7. The average molecular weight is 278 g/mol. The van der Waals surface area contributed by atoms with Crippen LogP contribution in [0.15, 0.2) is 24.3 Å². The zero-order valence-electron chi connectivity index (χ0n) is 11.4. The van der Waals surface area contributed by atoms with Gasteiger partial charge in [0.2, 0.25) is 5.91 Å². The highest BCUT2D eigenvalue weighted by Gasteiger charge is 2.20. The van der Waals surface area contributed by atoms with Gasteiger partial charge in [0.15, 0.2) is 0 Å². The van der Waals surface area contributed by atoms with Crippen LogP contribution in [0.25, 0.3) is 0 Å². The van der Waals surface area contributed by atoms with E-state index in [4.69, 9.17) is 10.8 Å². The minimum atomic E-state index is -0.965. The molecule has 4 N–H and O–H groups in total. The molecule has 1 rings (SSSR count). The van der Waals surface area contributed by atoms with E-state index >= 15 is 0 Å². The maximum Gasteiger partial charge on any atom is 0.305 e. The predicted octanol–water partition coefficient (Wildman–Crippen LogP) is 1.01. The van der Waals surface area contributed by atoms with Crippen LogP contribution in [0.3, 0.4) is 0 Å². The highest BCUT2D eigenvalue weighted by molar-refractivity contribution is 5.97. The summed E-state index contributed by atoms with van der Waals surface area (Å²) in [5.41, 5.74) is 5.78. The molecule has 1 aromatic rings. The summed E-state index contributed by atoms with van der Waals surface area (Å²) in [7, 11) is 0. The summed E-state index contributed by atoms with van der Waals surface area (Å²) in [5.74, 6) is -1.91. The Balaban J connectivity index is 2.78. The maximum absolute atomic E-state index is 12.0. The molecular weight excluding hydrogens is 260 g/mol. The smallest absolute Gasteiger partial charge is 0.305 e. The minimum absolute atomic E-state index is 0.0000530. The molecule has 0 radical (unpaired) electrons. The molecule has 0 aromatic heterocycles. The zero-order chi connectivity index (χ0) is 15.3. The number of hydrogen-bond donors (Lipinski definition) is 3. The van der Waals surface area contributed by atoms with E-state index in [0.717, 1.165) is 0 Å². The summed E-state index contributed by atoms with van der Waals surface area (Å²) in [6, 6.07) is 5.43. The van der Waals surface area contributed by atoms with Gasteiger partial charge in [-0.15, -0.1) is 0 Å². The van der Waals surface area contributed by atoms with Crippen LogP contribution in [0.2, 0.25) is 0 Å². The van der Waals surface area contributed by atoms with Crippen LogP contribution >= 0.6 is 0 Å². The number of hydrogen-bond acceptors (Lipinski definition) is 3. The quantitative estimate of drug-likeness (QED) is 0.721. The predicted molar refractivity (Wildman–Crippen MR) is 73.3 cm³/mol. The van der Waals surface area contributed by atoms with Crippen LogP contribution in [-0.4, -0.2) is 28.9 Å². The molecule has 0 aliphatic heterocycles. The second-order valence-electron chi connectivity index (χ2n) is 4.86. The lowest BCUT2D eigenvalue weighted by Crippen LogP contribution is -2.40. The first-order valence-corrected chi connectivity index (χ1v) is 6.23. The Morgan fingerprint density at radius 3 is 2.05 bits per heavy atom. The number of carbonyl (C=O) groups excluding carboxylic acids is 2. The fraction of sp³-hybridized carbons (Fsp3) is 0.357. The van der Waals surface area contributed by atoms with Crippen LogP contribution in [0.1, 0.15) is 41.0 Å². The van der Waals surface area contributed by atoms with E-state index in [1.165, 1.54) is 24.3 Å². The van der Waals surface area contributed by atoms with Crippen LogP contribution in [0, 0.1) is 5.92 Å². The van der Waals surface area contributed by atoms with Gasteiger partial charge in [-0.2, -0.15) is 0 Å². The number of amides is 2. The molecule has 0 fully saturated rings. The number of benzene rings is 1. The molecule has 2 amide bonds. The van der Waals surface area contributed by atoms with Crippen molar-refractivity contribution in [2.75, 3.05) is 0 Å². The van der Waals surface area contributed by atoms with E-state index in [0.29, 0.717) is 11.1 Å². The van der Waals surface area contributed by atoms with Crippen molar-refractivity contribution in [1.29, 1.82) is 0 Å². The Morgan fingerprint density at radius 1 is 1.15 bits per heavy atom. The Bertz CT molecular complexity index is 508. The molecule has 6 nitrogen and oxygen atoms in total. The molecule has 0 heterocycles. The maximum atomic E-state index is 12.0. The van der Waals surface area contributed by atoms with E-state index < -0.39 is 17.9 Å². The van der Waals surface area contributed by atoms with Crippen LogP contribution in [-0.2, 0) is 4.79 Å². The van der Waals surface area contributed by atoms with Gasteiger partial charge in [0, 0.05) is 17.2 Å². The molecule has 0 spiro atoms. The summed E-state index contributed by atoms with van der Waals surface area (Å²) in [6.45, 7) is 3.67. The number of rotatable bonds is 6. The number of carbonyl (C=O) groups is 3. The lowest BCUT2D eigenvalue weighted by molar-refractivity contribution is -0.137. The van der Waals surface area contributed by atoms with Crippen molar-refractivity contribution in [3.05, 3.63) is 35.4 Å². The van der Waals surface area contributed by atoms with Gasteiger partial charge in [-0.1, -0.05) is 13.8 Å². The molecule has 0 aliphatic rings. The molecule has 1 unspecified atom stereocenters. The molecule has 1 atom stereocenters. The Morgan fingerprint density at radius 2 is 1.65 bits per heavy atom. The van der Waals surface area contributed by atoms with Gasteiger partial charge < -0.3 is 16.2 Å². The third-order valence-electron chi connectivity index (χ3n) is 2.95. The topological polar surface area (TPSA) is 109 Å². The molecule has 0 saturated heterocycles. The van der Waals surface area contributed by atoms with E-state index in [2.05, 4.69) is 5.32 Å². The van der Waals surface area contributed by atoms with Gasteiger partial charge in [-0.25, -0.2) is 0 Å². The van der Waals surface area contributed by atoms with E-state index in [1.54, 1.807) is 0 Å². The Kier molecular flexibility index (Phi) is 5.25. The van der Waals surface area contributed by atoms with E-state index in [-0.39, 0.29) is 18.2 Å². The Labute approximate surface area is 117 Å². The first-order valence-electron chi connectivity index (χ1n) is 6.23. The number of nitrogens with one attached hydrogen (secondary N) is 1. The molecule has 6 heteroatoms. The number of primary amides is 1. The third kappa shape index (κ3) is 4.38. The molecule has 20 heavy (non-hydrogen) atoms. The molecule has 1 aromatic carbocycles. The van der Waals surface area contributed by atoms with Crippen LogP contribution in [0.4, 0.5) is 0 Å². The summed E-state index contributed by atoms with van der Waals surface area (Å²) >= 11 is 0. The van der Waals surface area contributed by atoms with Crippen LogP contribution < -0.4 is 11.1 Å². The first kappa shape index (κ1) is 15.7. The van der Waals surface area contributed by atoms with Crippen LogP contribution in [0.5, 0.6) is 0 Å². The minimum Gasteiger partial charge on any atom is -0.481 e. The highest BCUT2D eigenvalue weighted by atomic mass is 16.4. The summed E-state index contributed by atoms with van der Waals surface area (Å²) in [6.07, 6.45) is -0.136. The lowest BCUT2D eigenvalue weighted by atomic mass is 10.0. The molecule has 0 saturated carbocycles. The van der Waals surface area contributed by atoms with Crippen molar-refractivity contribution in [2.24, 2.45) is 11.7 Å². The fourth-order valence-corrected chi connectivity index (χ4v) is 1.68. The van der Waals surface area contributed by atoms with Crippen molar-refractivity contribution in [3.63, 3.8) is 0 Å². The largest absolute Gasteiger partial charge is 0.481 e. The normalized spacial score (nSPS) is 11.9. The van der Waals surface area contributed by atoms with E-state index in [1.807, 2.05) is 13.8 Å². The van der Waals surface area contributed by atoms with Gasteiger partial charge in [0.1, 0.15) is 0 Å². The Hall–Kier alpha value is -2.37. The van der Waals surface area contributed by atoms with Crippen molar-refractivity contribution >= 4 is 17.8 Å². The molecular formula is C14H18N2O4. The van der Waals surface area contributed by atoms with Gasteiger partial charge in [0.25, 0.3) is 5.91 Å². The molecule has 108 valence electrons. The standard InChI is InChI=1S/C14H18N2O4/c1-8(2)11(7-12(17)18)16-14(20)10-5-3-9(4-6-10)13(15)19/h3-6,8,11H,7H2,1-2H3,(H2,15,19)(H,16,20)(H,17,18). The molecule has 0 bridgehead atoms. The fourth-order valence-electron chi connectivity index (χ4n) is 1.68. The SMILES string of the molecule is CC(C)C(CC(=O)O)NC(=O)c1ccc(C(N)=O)cc1. The molecule has 0 aliphatic carbocycles. The monoisotopic (exact) mass is 278 g/mol. The van der Waals surface area contributed by atoms with Gasteiger partial charge in [-0.05, 0) is 30.2 Å². The summed E-state index contributed by atoms with van der Waals surface area (Å²) in [5, 5.41) is 11.5. The first-order chi connectivity index (χ1) is 9.31. The second kappa shape index (κ2) is 6.70. The average Bonchev–Trinajstić information content (AvgIpc) is 2.37. The van der Waals surface area contributed by atoms with Gasteiger partial charge >= 0.3 is 5.97 Å². The highest BCUT2D eigenvalue weighted by Crippen LogP contribution is 2.09. The van der Waals surface area contributed by atoms with Gasteiger partial charge in [0.05, 0.1) is 6.42 Å². The van der Waals surface area contributed by atoms with Crippen molar-refractivity contribution in [2.45, 2.75) is 26.3 Å². The van der Waals surface area contributed by atoms with Crippen molar-refractivity contribution < 1.29 is 19.5 Å². The van der Waals surface area contributed by atoms with E-state index in [9.17, 15) is 14.4 Å².